The second-order valence-electron chi connectivity index (χ2n) is 6.53. The van der Waals surface area contributed by atoms with E-state index in [1.807, 2.05) is 6.92 Å². The first kappa shape index (κ1) is 15.8. The molecule has 3 unspecified atom stereocenters. The first-order valence-corrected chi connectivity index (χ1v) is 8.29. The summed E-state index contributed by atoms with van der Waals surface area (Å²) in [6, 6.07) is 0.791. The third-order valence-corrected chi connectivity index (χ3v) is 5.65. The van der Waals surface area contributed by atoms with Gasteiger partial charge >= 0.3 is 5.97 Å². The van der Waals surface area contributed by atoms with Gasteiger partial charge in [-0.2, -0.15) is 0 Å². The number of nitrogens with zero attached hydrogens (tertiary/aromatic N) is 1. The largest absolute Gasteiger partial charge is 0.480 e. The Bertz CT molecular complexity index is 328. The molecule has 0 amide bonds. The molecule has 0 bridgehead atoms. The van der Waals surface area contributed by atoms with Crippen molar-refractivity contribution >= 4 is 5.97 Å². The summed E-state index contributed by atoms with van der Waals surface area (Å²) in [5.41, 5.74) is -0.731. The van der Waals surface area contributed by atoms with Crippen LogP contribution in [0.3, 0.4) is 0 Å². The van der Waals surface area contributed by atoms with Crippen LogP contribution in [0.5, 0.6) is 0 Å². The zero-order valence-corrected chi connectivity index (χ0v) is 13.0. The van der Waals surface area contributed by atoms with E-state index in [-0.39, 0.29) is 0 Å². The Kier molecular flexibility index (Phi) is 5.44. The fourth-order valence-corrected chi connectivity index (χ4v) is 4.26. The maximum atomic E-state index is 11.5. The van der Waals surface area contributed by atoms with Gasteiger partial charge in [0.05, 0.1) is 0 Å². The molecule has 1 aliphatic carbocycles. The number of hydrogen-bond donors (Lipinski definition) is 2. The van der Waals surface area contributed by atoms with Gasteiger partial charge in [0.1, 0.15) is 5.54 Å². The third-order valence-electron chi connectivity index (χ3n) is 5.65. The molecule has 1 saturated carbocycles. The van der Waals surface area contributed by atoms with Crippen molar-refractivity contribution < 1.29 is 9.90 Å². The highest BCUT2D eigenvalue weighted by molar-refractivity contribution is 5.78. The molecular formula is C16H30N2O2. The van der Waals surface area contributed by atoms with Crippen LogP contribution in [0.1, 0.15) is 58.3 Å². The molecular weight excluding hydrogens is 252 g/mol. The summed E-state index contributed by atoms with van der Waals surface area (Å²) in [4.78, 5) is 14.1. The summed E-state index contributed by atoms with van der Waals surface area (Å²) >= 11 is 0. The van der Waals surface area contributed by atoms with Crippen LogP contribution in [-0.2, 0) is 4.79 Å². The van der Waals surface area contributed by atoms with E-state index in [9.17, 15) is 9.90 Å². The Hall–Kier alpha value is -0.610. The van der Waals surface area contributed by atoms with E-state index in [0.29, 0.717) is 6.42 Å². The number of likely N-dealkylation sites (tertiary alicyclic amines) is 1. The molecule has 0 aromatic heterocycles. The molecule has 0 aromatic rings. The average Bonchev–Trinajstić information content (AvgIpc) is 2.93. The van der Waals surface area contributed by atoms with Crippen molar-refractivity contribution in [1.29, 1.82) is 0 Å². The molecule has 0 spiro atoms. The second kappa shape index (κ2) is 6.90. The lowest BCUT2D eigenvalue weighted by Crippen LogP contribution is -2.50. The number of nitrogens with one attached hydrogen (secondary N) is 1. The minimum absolute atomic E-state index is 0.644. The molecule has 4 heteroatoms. The maximum absolute atomic E-state index is 11.5. The van der Waals surface area contributed by atoms with Crippen LogP contribution >= 0.6 is 0 Å². The van der Waals surface area contributed by atoms with E-state index in [1.54, 1.807) is 7.05 Å². The molecule has 0 aromatic carbocycles. The number of rotatable bonds is 7. The summed E-state index contributed by atoms with van der Waals surface area (Å²) in [5.74, 6) is 0.211. The average molecular weight is 282 g/mol. The molecule has 0 radical (unpaired) electrons. The van der Waals surface area contributed by atoms with Crippen LogP contribution in [-0.4, -0.2) is 47.7 Å². The number of piperidine rings is 1. The second-order valence-corrected chi connectivity index (χ2v) is 6.53. The fraction of sp³-hybridized carbons (Fsp3) is 0.938. The number of fused-ring (bicyclic) bond motifs is 1. The number of carboxylic acid groups (broad SMARTS) is 1. The number of carboxylic acids is 1. The lowest BCUT2D eigenvalue weighted by Gasteiger charge is -2.38. The van der Waals surface area contributed by atoms with Crippen LogP contribution < -0.4 is 5.32 Å². The third kappa shape index (κ3) is 3.17. The van der Waals surface area contributed by atoms with Gasteiger partial charge in [0.25, 0.3) is 0 Å². The molecule has 2 fully saturated rings. The maximum Gasteiger partial charge on any atom is 0.323 e. The fourth-order valence-electron chi connectivity index (χ4n) is 4.26. The lowest BCUT2D eigenvalue weighted by atomic mass is 9.89. The molecule has 1 heterocycles. The van der Waals surface area contributed by atoms with Gasteiger partial charge in [-0.25, -0.2) is 0 Å². The Morgan fingerprint density at radius 1 is 1.35 bits per heavy atom. The summed E-state index contributed by atoms with van der Waals surface area (Å²) in [6.07, 6.45) is 9.23. The van der Waals surface area contributed by atoms with Crippen molar-refractivity contribution in [3.8, 4) is 0 Å². The van der Waals surface area contributed by atoms with E-state index < -0.39 is 11.5 Å². The van der Waals surface area contributed by atoms with E-state index in [4.69, 9.17) is 0 Å². The lowest BCUT2D eigenvalue weighted by molar-refractivity contribution is -0.145. The predicted octanol–water partition coefficient (Wildman–Crippen LogP) is 2.48. The van der Waals surface area contributed by atoms with Crippen molar-refractivity contribution in [1.82, 2.24) is 10.2 Å². The quantitative estimate of drug-likeness (QED) is 0.753. The van der Waals surface area contributed by atoms with Gasteiger partial charge in [-0.15, -0.1) is 0 Å². The number of likely N-dealkylation sites (N-methyl/N-ethyl adjacent to an activating group) is 1. The SMILES string of the molecule is CCC(CCCN1CCCC2CCCC21)(NC)C(=O)O. The Morgan fingerprint density at radius 2 is 2.10 bits per heavy atom. The van der Waals surface area contributed by atoms with E-state index >= 15 is 0 Å². The highest BCUT2D eigenvalue weighted by atomic mass is 16.4. The van der Waals surface area contributed by atoms with E-state index in [2.05, 4.69) is 10.2 Å². The van der Waals surface area contributed by atoms with Crippen LogP contribution in [0.4, 0.5) is 0 Å². The van der Waals surface area contributed by atoms with Gasteiger partial charge in [0, 0.05) is 6.04 Å². The summed E-state index contributed by atoms with van der Waals surface area (Å²) in [7, 11) is 1.77. The normalized spacial score (nSPS) is 29.9. The van der Waals surface area contributed by atoms with Gasteiger partial charge in [0.15, 0.2) is 0 Å². The van der Waals surface area contributed by atoms with Crippen LogP contribution in [0.15, 0.2) is 0 Å². The Labute approximate surface area is 122 Å². The molecule has 2 aliphatic rings. The number of hydrogen-bond acceptors (Lipinski definition) is 3. The first-order chi connectivity index (χ1) is 9.63. The molecule has 1 saturated heterocycles. The monoisotopic (exact) mass is 282 g/mol. The van der Waals surface area contributed by atoms with Gasteiger partial charge in [0.2, 0.25) is 0 Å². The molecule has 20 heavy (non-hydrogen) atoms. The van der Waals surface area contributed by atoms with Gasteiger partial charge in [-0.1, -0.05) is 13.3 Å². The minimum atomic E-state index is -0.731. The van der Waals surface area contributed by atoms with Crippen LogP contribution in [0.2, 0.25) is 0 Å². The van der Waals surface area contributed by atoms with Gasteiger partial charge in [-0.05, 0) is 71.0 Å². The van der Waals surface area contributed by atoms with Crippen molar-refractivity contribution in [2.45, 2.75) is 69.9 Å². The topological polar surface area (TPSA) is 52.6 Å². The van der Waals surface area contributed by atoms with Crippen molar-refractivity contribution in [2.75, 3.05) is 20.1 Å². The van der Waals surface area contributed by atoms with Crippen molar-refractivity contribution in [3.63, 3.8) is 0 Å². The van der Waals surface area contributed by atoms with Crippen molar-refractivity contribution in [3.05, 3.63) is 0 Å². The smallest absolute Gasteiger partial charge is 0.323 e. The first-order valence-electron chi connectivity index (χ1n) is 8.29. The summed E-state index contributed by atoms with van der Waals surface area (Å²) in [5, 5.41) is 12.5. The standard InChI is InChI=1S/C16H30N2O2/c1-3-16(17-2,15(19)20)10-6-12-18-11-5-8-13-7-4-9-14(13)18/h13-14,17H,3-12H2,1-2H3,(H,19,20). The summed E-state index contributed by atoms with van der Waals surface area (Å²) < 4.78 is 0. The zero-order chi connectivity index (χ0) is 14.6. The summed E-state index contributed by atoms with van der Waals surface area (Å²) in [6.45, 7) is 4.24. The van der Waals surface area contributed by atoms with Crippen LogP contribution in [0.25, 0.3) is 0 Å². The number of carbonyl (C=O) groups is 1. The molecule has 1 aliphatic heterocycles. The van der Waals surface area contributed by atoms with E-state index in [0.717, 1.165) is 31.3 Å². The predicted molar refractivity (Wildman–Crippen MR) is 80.9 cm³/mol. The molecule has 4 nitrogen and oxygen atoms in total. The van der Waals surface area contributed by atoms with Gasteiger partial charge < -0.3 is 15.3 Å². The highest BCUT2D eigenvalue weighted by Gasteiger charge is 2.37. The zero-order valence-electron chi connectivity index (χ0n) is 13.0. The number of aliphatic carboxylic acids is 1. The highest BCUT2D eigenvalue weighted by Crippen LogP contribution is 2.36. The Balaban J connectivity index is 1.84. The Morgan fingerprint density at radius 3 is 2.75 bits per heavy atom. The molecule has 2 N–H and O–H groups in total. The van der Waals surface area contributed by atoms with Crippen LogP contribution in [0, 0.1) is 5.92 Å². The molecule has 3 atom stereocenters. The molecule has 116 valence electrons. The molecule has 2 rings (SSSR count). The minimum Gasteiger partial charge on any atom is -0.480 e. The van der Waals surface area contributed by atoms with Crippen molar-refractivity contribution in [2.24, 2.45) is 5.92 Å². The van der Waals surface area contributed by atoms with Gasteiger partial charge in [-0.3, -0.25) is 4.79 Å². The van der Waals surface area contributed by atoms with E-state index in [1.165, 1.54) is 38.6 Å².